The van der Waals surface area contributed by atoms with Crippen LogP contribution in [0.25, 0.3) is 0 Å². The molecule has 0 bridgehead atoms. The standard InChI is InChI=1S/C38H67N4O10P/c1-5-6-7-8-9-10-11-12-13-14-15-16-17-18-23-47-24-19-25-50-53(46,52-37(45)36(44)51-30(2)3)26-22-32(28-48-31(4)43)29-49-35-27-34(40-33-20-21-33)41-38(39)42-35/h22,27,30,33,37,45H,5-21,23-26,28-29H2,1-4H3,(H3,39,40,41,42)/b32-22+. The van der Waals surface area contributed by atoms with E-state index in [9.17, 15) is 19.3 Å². The molecule has 0 aromatic carbocycles. The summed E-state index contributed by atoms with van der Waals surface area (Å²) in [6.07, 6.45) is 19.0. The van der Waals surface area contributed by atoms with Gasteiger partial charge in [0, 0.05) is 37.8 Å². The number of nitrogen functional groups attached to an aromatic ring is 1. The number of carbonyl (C=O) groups is 2. The number of aliphatic hydroxyl groups is 1. The van der Waals surface area contributed by atoms with Crippen LogP contribution in [0.1, 0.15) is 137 Å². The van der Waals surface area contributed by atoms with Crippen molar-refractivity contribution in [2.24, 2.45) is 0 Å². The van der Waals surface area contributed by atoms with Crippen molar-refractivity contribution in [3.8, 4) is 5.88 Å². The number of anilines is 2. The van der Waals surface area contributed by atoms with E-state index in [-0.39, 0.29) is 37.8 Å². The molecule has 0 amide bonds. The van der Waals surface area contributed by atoms with Gasteiger partial charge in [-0.15, -0.1) is 0 Å². The molecule has 0 radical (unpaired) electrons. The van der Waals surface area contributed by atoms with Crippen LogP contribution in [0.2, 0.25) is 0 Å². The first kappa shape index (κ1) is 46.4. The highest BCUT2D eigenvalue weighted by Crippen LogP contribution is 2.49. The molecule has 1 aliphatic carbocycles. The Bertz CT molecular complexity index is 1250. The number of aromatic nitrogens is 2. The Balaban J connectivity index is 1.80. The van der Waals surface area contributed by atoms with Gasteiger partial charge in [-0.1, -0.05) is 96.5 Å². The number of unbranched alkanes of at least 4 members (excludes halogenated alkanes) is 13. The van der Waals surface area contributed by atoms with E-state index in [4.69, 9.17) is 33.7 Å². The summed E-state index contributed by atoms with van der Waals surface area (Å²) in [5.41, 5.74) is 6.25. The Morgan fingerprint density at radius 1 is 0.925 bits per heavy atom. The van der Waals surface area contributed by atoms with E-state index in [1.54, 1.807) is 19.9 Å². The first-order valence-electron chi connectivity index (χ1n) is 19.7. The second-order valence-corrected chi connectivity index (χ2v) is 16.0. The molecule has 1 aromatic heterocycles. The smallest absolute Gasteiger partial charge is 0.363 e. The summed E-state index contributed by atoms with van der Waals surface area (Å²) in [4.78, 5) is 32.1. The summed E-state index contributed by atoms with van der Waals surface area (Å²) in [5, 5.41) is 13.6. The summed E-state index contributed by atoms with van der Waals surface area (Å²) in [6, 6.07) is 1.94. The molecule has 14 nitrogen and oxygen atoms in total. The van der Waals surface area contributed by atoms with Crippen LogP contribution >= 0.6 is 7.60 Å². The molecule has 2 rings (SSSR count). The zero-order chi connectivity index (χ0) is 38.7. The van der Waals surface area contributed by atoms with E-state index in [0.29, 0.717) is 37.1 Å². The number of aliphatic hydroxyl groups excluding tert-OH is 1. The fourth-order valence-electron chi connectivity index (χ4n) is 5.27. The third-order valence-corrected chi connectivity index (χ3v) is 10.0. The minimum absolute atomic E-state index is 0.0113. The predicted octanol–water partition coefficient (Wildman–Crippen LogP) is 7.89. The number of esters is 2. The van der Waals surface area contributed by atoms with Crippen LogP contribution in [0.4, 0.5) is 11.8 Å². The normalized spacial score (nSPS) is 14.9. The number of nitrogens with two attached hydrogens (primary N) is 1. The van der Waals surface area contributed by atoms with E-state index in [1.807, 2.05) is 0 Å². The molecule has 304 valence electrons. The van der Waals surface area contributed by atoms with E-state index in [2.05, 4.69) is 22.2 Å². The van der Waals surface area contributed by atoms with Crippen molar-refractivity contribution in [1.29, 1.82) is 0 Å². The first-order valence-corrected chi connectivity index (χ1v) is 21.5. The predicted molar refractivity (Wildman–Crippen MR) is 206 cm³/mol. The van der Waals surface area contributed by atoms with E-state index in [0.717, 1.165) is 25.7 Å². The molecule has 0 saturated heterocycles. The van der Waals surface area contributed by atoms with E-state index < -0.39 is 31.9 Å². The maximum absolute atomic E-state index is 13.8. The highest BCUT2D eigenvalue weighted by atomic mass is 31.2. The summed E-state index contributed by atoms with van der Waals surface area (Å²) < 4.78 is 46.5. The Morgan fingerprint density at radius 3 is 2.11 bits per heavy atom. The largest absolute Gasteiger partial charge is 0.473 e. The van der Waals surface area contributed by atoms with Crippen LogP contribution in [0.15, 0.2) is 17.7 Å². The van der Waals surface area contributed by atoms with Gasteiger partial charge in [-0.25, -0.2) is 4.79 Å². The van der Waals surface area contributed by atoms with Crippen LogP contribution in [-0.4, -0.2) is 84.6 Å². The summed E-state index contributed by atoms with van der Waals surface area (Å²) in [5.74, 6) is -0.892. The zero-order valence-corrected chi connectivity index (χ0v) is 33.6. The number of carbonyl (C=O) groups excluding carboxylic acids is 2. The van der Waals surface area contributed by atoms with Crippen molar-refractivity contribution in [3.63, 3.8) is 0 Å². The quantitative estimate of drug-likeness (QED) is 0.0206. The lowest BCUT2D eigenvalue weighted by Gasteiger charge is -2.21. The first-order chi connectivity index (χ1) is 25.5. The van der Waals surface area contributed by atoms with Gasteiger partial charge in [0.05, 0.1) is 18.9 Å². The molecule has 1 fully saturated rings. The Morgan fingerprint density at radius 2 is 1.53 bits per heavy atom. The van der Waals surface area contributed by atoms with Crippen molar-refractivity contribution in [1.82, 2.24) is 9.97 Å². The number of hydrogen-bond acceptors (Lipinski definition) is 14. The molecule has 4 N–H and O–H groups in total. The van der Waals surface area contributed by atoms with Gasteiger partial charge >= 0.3 is 19.5 Å². The Hall–Kier alpha value is -2.77. The van der Waals surface area contributed by atoms with Crippen LogP contribution < -0.4 is 15.8 Å². The molecule has 2 atom stereocenters. The lowest BCUT2D eigenvalue weighted by Crippen LogP contribution is -2.28. The third-order valence-electron chi connectivity index (χ3n) is 8.30. The molecule has 2 unspecified atom stereocenters. The maximum Gasteiger partial charge on any atom is 0.363 e. The molecular formula is C38H67N4O10P. The van der Waals surface area contributed by atoms with Gasteiger partial charge in [0.25, 0.3) is 6.29 Å². The Kier molecular flexibility index (Phi) is 24.3. The second kappa shape index (κ2) is 27.8. The zero-order valence-electron chi connectivity index (χ0n) is 32.7. The minimum Gasteiger partial charge on any atom is -0.473 e. The monoisotopic (exact) mass is 770 g/mol. The highest BCUT2D eigenvalue weighted by molar-refractivity contribution is 7.54. The molecule has 0 aliphatic heterocycles. The number of allylic oxidation sites excluding steroid dienone is 1. The maximum atomic E-state index is 13.8. The Labute approximate surface area is 317 Å². The van der Waals surface area contributed by atoms with Gasteiger partial charge in [0.15, 0.2) is 0 Å². The van der Waals surface area contributed by atoms with Gasteiger partial charge in [0.1, 0.15) is 19.0 Å². The van der Waals surface area contributed by atoms with Gasteiger partial charge in [-0.05, 0) is 39.5 Å². The van der Waals surface area contributed by atoms with Crippen LogP contribution in [-0.2, 0) is 37.4 Å². The molecule has 15 heteroatoms. The SMILES string of the molecule is CCCCCCCCCCCCCCCCOCCCOP(=O)(C/C=C(\COC(C)=O)COc1cc(NC2CC2)nc(N)n1)OC(O)C(=O)OC(C)C. The summed E-state index contributed by atoms with van der Waals surface area (Å²) in [7, 11) is -4.12. The second-order valence-electron chi connectivity index (χ2n) is 13.9. The topological polar surface area (TPSA) is 191 Å². The van der Waals surface area contributed by atoms with Crippen LogP contribution in [0, 0.1) is 0 Å². The highest BCUT2D eigenvalue weighted by Gasteiger charge is 2.32. The summed E-state index contributed by atoms with van der Waals surface area (Å²) in [6.45, 7) is 7.44. The molecule has 1 saturated carbocycles. The van der Waals surface area contributed by atoms with Gasteiger partial charge in [-0.2, -0.15) is 9.97 Å². The fourth-order valence-corrected chi connectivity index (χ4v) is 6.80. The molecule has 1 aromatic rings. The minimum atomic E-state index is -4.12. The number of hydrogen-bond donors (Lipinski definition) is 3. The van der Waals surface area contributed by atoms with E-state index >= 15 is 0 Å². The molecular weight excluding hydrogens is 703 g/mol. The lowest BCUT2D eigenvalue weighted by atomic mass is 10.0. The average molecular weight is 771 g/mol. The number of nitrogens with one attached hydrogen (secondary N) is 1. The number of nitrogens with zero attached hydrogens (tertiary/aromatic N) is 2. The molecule has 53 heavy (non-hydrogen) atoms. The van der Waals surface area contributed by atoms with Crippen molar-refractivity contribution >= 4 is 31.3 Å². The average Bonchev–Trinajstić information content (AvgIpc) is 3.92. The van der Waals surface area contributed by atoms with Crippen LogP contribution in [0.3, 0.4) is 0 Å². The third kappa shape index (κ3) is 24.3. The van der Waals surface area contributed by atoms with Gasteiger partial charge in [-0.3, -0.25) is 13.9 Å². The lowest BCUT2D eigenvalue weighted by molar-refractivity contribution is -0.174. The van der Waals surface area contributed by atoms with Crippen molar-refractivity contribution in [2.75, 3.05) is 50.2 Å². The van der Waals surface area contributed by atoms with Crippen LogP contribution in [0.5, 0.6) is 5.88 Å². The van der Waals surface area contributed by atoms with Gasteiger partial charge in [0.2, 0.25) is 11.8 Å². The number of rotatable bonds is 33. The number of ether oxygens (including phenoxy) is 4. The summed E-state index contributed by atoms with van der Waals surface area (Å²) >= 11 is 0. The molecule has 0 spiro atoms. The molecule has 1 aliphatic rings. The van der Waals surface area contributed by atoms with Crippen molar-refractivity contribution in [2.45, 2.75) is 155 Å². The molecule has 1 heterocycles. The fraction of sp³-hybridized carbons (Fsp3) is 0.789. The van der Waals surface area contributed by atoms with Crippen molar-refractivity contribution in [3.05, 3.63) is 17.7 Å². The van der Waals surface area contributed by atoms with Gasteiger partial charge < -0.3 is 39.6 Å². The van der Waals surface area contributed by atoms with E-state index in [1.165, 1.54) is 90.0 Å². The van der Waals surface area contributed by atoms with Crippen molar-refractivity contribution < 1.29 is 47.3 Å².